The molecular formula is C19H17BrClN3O6S5+2. The van der Waals surface area contributed by atoms with Crippen LogP contribution in [0.15, 0.2) is 38.0 Å². The number of hydrogen-bond donors (Lipinski definition) is 2. The largest absolute Gasteiger partial charge is 0.320 e. The molecule has 1 aromatic carbocycles. The van der Waals surface area contributed by atoms with Crippen LogP contribution in [-0.2, 0) is 31.5 Å². The van der Waals surface area contributed by atoms with Gasteiger partial charge < -0.3 is 0 Å². The van der Waals surface area contributed by atoms with E-state index in [0.717, 1.165) is 24.5 Å². The first-order chi connectivity index (χ1) is 16.3. The molecule has 2 N–H and O–H groups in total. The van der Waals surface area contributed by atoms with E-state index < -0.39 is 31.4 Å². The number of nitrogens with one attached hydrogen (secondary N) is 1. The Morgan fingerprint density at radius 3 is 2.69 bits per heavy atom. The summed E-state index contributed by atoms with van der Waals surface area (Å²) in [6.07, 6.45) is 3.01. The number of aromatic nitrogens is 1. The van der Waals surface area contributed by atoms with Crippen molar-refractivity contribution in [3.05, 3.63) is 43.1 Å². The summed E-state index contributed by atoms with van der Waals surface area (Å²) in [5.41, 5.74) is 1.44. The summed E-state index contributed by atoms with van der Waals surface area (Å²) in [7, 11) is -8.10. The minimum atomic E-state index is -4.37. The Kier molecular flexibility index (Phi) is 6.42. The smallest absolute Gasteiger partial charge is 0.281 e. The highest BCUT2D eigenvalue weighted by atomic mass is 79.9. The van der Waals surface area contributed by atoms with Gasteiger partial charge in [-0.1, -0.05) is 22.9 Å². The molecule has 1 fully saturated rings. The third-order valence-corrected chi connectivity index (χ3v) is 12.0. The summed E-state index contributed by atoms with van der Waals surface area (Å²) >= 11 is 13.9. The molecule has 16 heteroatoms. The Morgan fingerprint density at radius 2 is 2.06 bits per heavy atom. The minimum absolute atomic E-state index is 0.0792. The quantitative estimate of drug-likeness (QED) is 0.243. The number of rotatable bonds is 5. The van der Waals surface area contributed by atoms with Crippen LogP contribution in [0.25, 0.3) is 15.6 Å². The molecule has 2 unspecified atom stereocenters. The van der Waals surface area contributed by atoms with Gasteiger partial charge in [0.25, 0.3) is 10.9 Å². The summed E-state index contributed by atoms with van der Waals surface area (Å²) in [4.78, 5) is 13.3. The Morgan fingerprint density at radius 1 is 1.31 bits per heavy atom. The standard InChI is InChI=1S/C19H15BrClN3O6S5/c1-34(26,27)22-15(25)9-23-11-7-14(20)32-19(11)33-16(23)8-17-24(5-4-18(24)35(28,29)30)12-6-10(21)2-3-13(12)31-17/h2-3,6-8,18H,4-5,9H2,1H3/p+2. The lowest BCUT2D eigenvalue weighted by Crippen LogP contribution is -2.66. The molecule has 0 aliphatic carbocycles. The molecule has 35 heavy (non-hydrogen) atoms. The first kappa shape index (κ1) is 25.6. The predicted octanol–water partition coefficient (Wildman–Crippen LogP) is 3.77. The predicted molar refractivity (Wildman–Crippen MR) is 142 cm³/mol. The number of quaternary nitrogens is 1. The van der Waals surface area contributed by atoms with Gasteiger partial charge in [-0.2, -0.15) is 13.0 Å². The van der Waals surface area contributed by atoms with Crippen LogP contribution in [-0.4, -0.2) is 45.5 Å². The summed E-state index contributed by atoms with van der Waals surface area (Å²) in [6.45, 7) is 0.205. The van der Waals surface area contributed by atoms with Crippen LogP contribution in [0.3, 0.4) is 0 Å². The van der Waals surface area contributed by atoms with Gasteiger partial charge in [0, 0.05) is 17.2 Å². The van der Waals surface area contributed by atoms with Crippen LogP contribution in [0.2, 0.25) is 5.02 Å². The number of thiazole rings is 1. The van der Waals surface area contributed by atoms with Gasteiger partial charge in [0.2, 0.25) is 27.5 Å². The van der Waals surface area contributed by atoms with Crippen LogP contribution in [0.1, 0.15) is 11.4 Å². The zero-order chi connectivity index (χ0) is 25.3. The number of carbonyl (C=O) groups is 1. The molecular weight excluding hydrogens is 642 g/mol. The van der Waals surface area contributed by atoms with E-state index in [0.29, 0.717) is 27.3 Å². The first-order valence-electron chi connectivity index (χ1n) is 9.94. The normalized spacial score (nSPS) is 23.1. The van der Waals surface area contributed by atoms with E-state index in [1.807, 2.05) is 22.9 Å². The lowest BCUT2D eigenvalue weighted by molar-refractivity contribution is -0.655. The highest BCUT2D eigenvalue weighted by Gasteiger charge is 2.62. The number of benzene rings is 1. The van der Waals surface area contributed by atoms with Crippen LogP contribution in [0, 0.1) is 0 Å². The van der Waals surface area contributed by atoms with Gasteiger partial charge in [-0.3, -0.25) is 9.35 Å². The van der Waals surface area contributed by atoms with Crippen LogP contribution >= 0.6 is 62.0 Å². The third-order valence-electron chi connectivity index (χ3n) is 5.77. The SMILES string of the molecule is CS(=O)(=O)NC(=O)C[n+]1c(C=C2Sc3ccc(Cl)cc3[N+]23CCC3S(=O)(=O)O)sc2sc(Br)cc21. The van der Waals surface area contributed by atoms with E-state index in [1.165, 1.54) is 34.4 Å². The van der Waals surface area contributed by atoms with E-state index in [2.05, 4.69) is 15.9 Å². The molecule has 1 saturated heterocycles. The molecule has 186 valence electrons. The minimum Gasteiger partial charge on any atom is -0.281 e. The van der Waals surface area contributed by atoms with Gasteiger partial charge in [-0.25, -0.2) is 17.6 Å². The van der Waals surface area contributed by atoms with E-state index in [-0.39, 0.29) is 17.4 Å². The number of nitrogens with zero attached hydrogens (tertiary/aromatic N) is 2. The second kappa shape index (κ2) is 8.77. The van der Waals surface area contributed by atoms with Crippen molar-refractivity contribution in [2.75, 3.05) is 12.8 Å². The lowest BCUT2D eigenvalue weighted by Gasteiger charge is -2.47. The van der Waals surface area contributed by atoms with Crippen LogP contribution in [0.5, 0.6) is 0 Å². The van der Waals surface area contributed by atoms with Crippen molar-refractivity contribution in [2.24, 2.45) is 0 Å². The number of sulfonamides is 1. The summed E-state index contributed by atoms with van der Waals surface area (Å²) in [5, 5.41) is 0.694. The molecule has 2 aromatic heterocycles. The van der Waals surface area contributed by atoms with E-state index in [1.54, 1.807) is 16.7 Å². The molecule has 4 heterocycles. The fourth-order valence-corrected chi connectivity index (χ4v) is 10.9. The topological polar surface area (TPSA) is 121 Å². The number of fused-ring (bicyclic) bond motifs is 3. The average Bonchev–Trinajstić information content (AvgIpc) is 3.28. The number of carbonyl (C=O) groups excluding carboxylic acids is 1. The maximum Gasteiger partial charge on any atom is 0.320 e. The highest BCUT2D eigenvalue weighted by molar-refractivity contribution is 9.11. The zero-order valence-electron chi connectivity index (χ0n) is 17.8. The van der Waals surface area contributed by atoms with Gasteiger partial charge in [0.15, 0.2) is 14.7 Å². The van der Waals surface area contributed by atoms with Crippen LogP contribution in [0.4, 0.5) is 5.69 Å². The van der Waals surface area contributed by atoms with Crippen molar-refractivity contribution in [2.45, 2.75) is 23.2 Å². The summed E-state index contributed by atoms with van der Waals surface area (Å²) in [5.74, 6) is -0.697. The molecule has 0 bridgehead atoms. The third kappa shape index (κ3) is 4.59. The molecule has 0 saturated carbocycles. The lowest BCUT2D eigenvalue weighted by atomic mass is 10.1. The van der Waals surface area contributed by atoms with Crippen LogP contribution < -0.4 is 13.8 Å². The number of halogens is 2. The molecule has 2 atom stereocenters. The molecule has 1 spiro atoms. The number of hydrogen-bond acceptors (Lipinski definition) is 8. The Labute approximate surface area is 226 Å². The average molecular weight is 659 g/mol. The van der Waals surface area contributed by atoms with Crippen molar-refractivity contribution in [1.29, 1.82) is 0 Å². The van der Waals surface area contributed by atoms with Gasteiger partial charge in [-0.05, 0) is 39.8 Å². The number of amides is 1. The van der Waals surface area contributed by atoms with Crippen molar-refractivity contribution in [3.8, 4) is 0 Å². The number of thiophene rings is 1. The summed E-state index contributed by atoms with van der Waals surface area (Å²) in [6, 6.07) is 7.11. The van der Waals surface area contributed by atoms with Crippen molar-refractivity contribution >= 4 is 109 Å². The maximum absolute atomic E-state index is 12.5. The molecule has 5 rings (SSSR count). The fraction of sp³-hybridized carbons (Fsp3) is 0.263. The van der Waals surface area contributed by atoms with Gasteiger partial charge in [-0.15, -0.1) is 11.3 Å². The fourth-order valence-electron chi connectivity index (χ4n) is 4.37. The van der Waals surface area contributed by atoms with E-state index in [4.69, 9.17) is 11.6 Å². The van der Waals surface area contributed by atoms with Crippen molar-refractivity contribution in [3.63, 3.8) is 0 Å². The Balaban J connectivity index is 1.66. The summed E-state index contributed by atoms with van der Waals surface area (Å²) < 4.78 is 63.1. The van der Waals surface area contributed by atoms with Gasteiger partial charge in [0.05, 0.1) is 34.0 Å². The van der Waals surface area contributed by atoms with E-state index >= 15 is 0 Å². The molecule has 2 aliphatic heterocycles. The zero-order valence-corrected chi connectivity index (χ0v) is 24.2. The molecule has 0 radical (unpaired) electrons. The Hall–Kier alpha value is -1.04. The Bertz CT molecular complexity index is 1650. The van der Waals surface area contributed by atoms with Crippen molar-refractivity contribution in [1.82, 2.24) is 9.21 Å². The first-order valence-corrected chi connectivity index (χ1v) is 17.0. The molecule has 2 aliphatic rings. The highest BCUT2D eigenvalue weighted by Crippen LogP contribution is 2.58. The second-order valence-electron chi connectivity index (χ2n) is 8.09. The number of thioether (sulfide) groups is 1. The monoisotopic (exact) mass is 657 g/mol. The maximum atomic E-state index is 12.5. The van der Waals surface area contributed by atoms with Crippen molar-refractivity contribution < 1.29 is 30.7 Å². The van der Waals surface area contributed by atoms with E-state index in [9.17, 15) is 26.2 Å². The molecule has 1 amide bonds. The van der Waals surface area contributed by atoms with Gasteiger partial charge in [0.1, 0.15) is 0 Å². The second-order valence-corrected chi connectivity index (χ2v) is 16.6. The molecule has 9 nitrogen and oxygen atoms in total. The van der Waals surface area contributed by atoms with Gasteiger partial charge >= 0.3 is 10.1 Å². The molecule has 3 aromatic rings.